The zero-order chi connectivity index (χ0) is 13.2. The molecule has 19 heavy (non-hydrogen) atoms. The fraction of sp³-hybridized carbons (Fsp3) is 0. The molecule has 2 aromatic heterocycles. The summed E-state index contributed by atoms with van der Waals surface area (Å²) in [6.45, 7) is 0. The van der Waals surface area contributed by atoms with Crippen LogP contribution in [0.5, 0.6) is 0 Å². The highest BCUT2D eigenvalue weighted by Gasteiger charge is 2.10. The normalized spacial score (nSPS) is 10.6. The summed E-state index contributed by atoms with van der Waals surface area (Å²) in [5.74, 6) is 0.261. The first-order chi connectivity index (χ1) is 9.25. The molecule has 0 atom stereocenters. The van der Waals surface area contributed by atoms with E-state index in [1.54, 1.807) is 6.20 Å². The third-order valence-corrected chi connectivity index (χ3v) is 2.86. The van der Waals surface area contributed by atoms with Crippen LogP contribution in [0.25, 0.3) is 17.1 Å². The SMILES string of the molecule is O=c1c(-c2ccccc2)c[nH]n1-c1ncc(Cl)cn1. The monoisotopic (exact) mass is 272 g/mol. The molecule has 0 aliphatic rings. The van der Waals surface area contributed by atoms with Crippen molar-refractivity contribution in [2.75, 3.05) is 0 Å². The van der Waals surface area contributed by atoms with Gasteiger partial charge < -0.3 is 0 Å². The molecule has 1 aromatic carbocycles. The molecule has 6 heteroatoms. The van der Waals surface area contributed by atoms with E-state index in [0.717, 1.165) is 5.56 Å². The van der Waals surface area contributed by atoms with Gasteiger partial charge in [-0.25, -0.2) is 9.97 Å². The van der Waals surface area contributed by atoms with Crippen LogP contribution >= 0.6 is 11.6 Å². The first kappa shape index (κ1) is 11.7. The second kappa shape index (κ2) is 4.70. The minimum atomic E-state index is -0.200. The number of nitrogens with zero attached hydrogens (tertiary/aromatic N) is 3. The summed E-state index contributed by atoms with van der Waals surface area (Å²) in [5.41, 5.74) is 1.21. The van der Waals surface area contributed by atoms with Gasteiger partial charge in [-0.2, -0.15) is 4.68 Å². The molecule has 1 N–H and O–H groups in total. The summed E-state index contributed by atoms with van der Waals surface area (Å²) in [6, 6.07) is 9.40. The Morgan fingerprint density at radius 2 is 1.79 bits per heavy atom. The maximum Gasteiger partial charge on any atom is 0.281 e. The van der Waals surface area contributed by atoms with E-state index >= 15 is 0 Å². The Kier molecular flexibility index (Phi) is 2.89. The first-order valence-electron chi connectivity index (χ1n) is 5.59. The Bertz CT molecular complexity index is 746. The van der Waals surface area contributed by atoms with Gasteiger partial charge in [0.05, 0.1) is 23.0 Å². The molecular weight excluding hydrogens is 264 g/mol. The lowest BCUT2D eigenvalue weighted by atomic mass is 10.1. The lowest BCUT2D eigenvalue weighted by molar-refractivity contribution is 0.784. The maximum absolute atomic E-state index is 12.3. The number of aromatic amines is 1. The van der Waals surface area contributed by atoms with Crippen LogP contribution < -0.4 is 5.56 Å². The predicted octanol–water partition coefficient (Wildman–Crippen LogP) is 2.28. The molecule has 3 aromatic rings. The fourth-order valence-electron chi connectivity index (χ4n) is 1.76. The number of nitrogens with one attached hydrogen (secondary N) is 1. The second-order valence-corrected chi connectivity index (χ2v) is 4.33. The van der Waals surface area contributed by atoms with Crippen molar-refractivity contribution in [1.29, 1.82) is 0 Å². The highest BCUT2D eigenvalue weighted by molar-refractivity contribution is 6.30. The van der Waals surface area contributed by atoms with Crippen LogP contribution in [0.2, 0.25) is 5.02 Å². The molecule has 0 amide bonds. The van der Waals surface area contributed by atoms with E-state index in [4.69, 9.17) is 11.6 Å². The summed E-state index contributed by atoms with van der Waals surface area (Å²) in [6.07, 6.45) is 4.52. The third-order valence-electron chi connectivity index (χ3n) is 2.66. The molecule has 0 bridgehead atoms. The minimum Gasteiger partial charge on any atom is -0.295 e. The predicted molar refractivity (Wildman–Crippen MR) is 72.4 cm³/mol. The van der Waals surface area contributed by atoms with E-state index < -0.39 is 0 Å². The lowest BCUT2D eigenvalue weighted by Crippen LogP contribution is -2.18. The van der Waals surface area contributed by atoms with Crippen LogP contribution in [0.3, 0.4) is 0 Å². The third kappa shape index (κ3) is 2.15. The fourth-order valence-corrected chi connectivity index (χ4v) is 1.86. The second-order valence-electron chi connectivity index (χ2n) is 3.89. The number of rotatable bonds is 2. The molecule has 0 saturated carbocycles. The molecule has 2 heterocycles. The van der Waals surface area contributed by atoms with Crippen molar-refractivity contribution < 1.29 is 0 Å². The van der Waals surface area contributed by atoms with Crippen molar-refractivity contribution >= 4 is 11.6 Å². The summed E-state index contributed by atoms with van der Waals surface area (Å²) >= 11 is 5.72. The van der Waals surface area contributed by atoms with Crippen molar-refractivity contribution in [1.82, 2.24) is 19.7 Å². The van der Waals surface area contributed by atoms with Crippen LogP contribution in [0.15, 0.2) is 53.7 Å². The Balaban J connectivity index is 2.09. The summed E-state index contributed by atoms with van der Waals surface area (Å²) < 4.78 is 1.28. The van der Waals surface area contributed by atoms with Gasteiger partial charge >= 0.3 is 0 Å². The van der Waals surface area contributed by atoms with E-state index in [9.17, 15) is 4.79 Å². The average Bonchev–Trinajstić information content (AvgIpc) is 2.83. The van der Waals surface area contributed by atoms with Gasteiger partial charge in [0, 0.05) is 6.20 Å². The van der Waals surface area contributed by atoms with E-state index in [0.29, 0.717) is 10.6 Å². The average molecular weight is 273 g/mol. The van der Waals surface area contributed by atoms with Gasteiger partial charge in [-0.3, -0.25) is 9.89 Å². The zero-order valence-corrected chi connectivity index (χ0v) is 10.5. The van der Waals surface area contributed by atoms with Gasteiger partial charge in [0.15, 0.2) is 0 Å². The van der Waals surface area contributed by atoms with Gasteiger partial charge in [0.25, 0.3) is 11.5 Å². The van der Waals surface area contributed by atoms with E-state index in [1.165, 1.54) is 17.1 Å². The van der Waals surface area contributed by atoms with Crippen LogP contribution in [-0.4, -0.2) is 19.7 Å². The van der Waals surface area contributed by atoms with E-state index in [1.807, 2.05) is 30.3 Å². The Hall–Kier alpha value is -2.40. The quantitative estimate of drug-likeness (QED) is 0.778. The number of hydrogen-bond acceptors (Lipinski definition) is 3. The molecule has 0 saturated heterocycles. The van der Waals surface area contributed by atoms with Gasteiger partial charge in [0.1, 0.15) is 0 Å². The van der Waals surface area contributed by atoms with Gasteiger partial charge in [0.2, 0.25) is 0 Å². The largest absolute Gasteiger partial charge is 0.295 e. The van der Waals surface area contributed by atoms with Gasteiger partial charge in [-0.15, -0.1) is 0 Å². The molecule has 5 nitrogen and oxygen atoms in total. The molecule has 0 radical (unpaired) electrons. The Labute approximate surface area is 113 Å². The molecule has 0 aliphatic carbocycles. The lowest BCUT2D eigenvalue weighted by Gasteiger charge is -1.98. The number of halogens is 1. The molecule has 0 unspecified atom stereocenters. The maximum atomic E-state index is 12.3. The summed E-state index contributed by atoms with van der Waals surface area (Å²) in [7, 11) is 0. The first-order valence-corrected chi connectivity index (χ1v) is 5.97. The summed E-state index contributed by atoms with van der Waals surface area (Å²) in [4.78, 5) is 20.3. The highest BCUT2D eigenvalue weighted by Crippen LogP contribution is 2.14. The number of H-pyrrole nitrogens is 1. The van der Waals surface area contributed by atoms with Crippen LogP contribution in [0.1, 0.15) is 0 Å². The smallest absolute Gasteiger partial charge is 0.281 e. The molecular formula is C13H9ClN4O. The van der Waals surface area contributed by atoms with Crippen LogP contribution in [0, 0.1) is 0 Å². The van der Waals surface area contributed by atoms with Crippen molar-refractivity contribution in [3.8, 4) is 17.1 Å². The van der Waals surface area contributed by atoms with Gasteiger partial charge in [-0.1, -0.05) is 41.9 Å². The molecule has 0 fully saturated rings. The number of benzene rings is 1. The van der Waals surface area contributed by atoms with Crippen LogP contribution in [-0.2, 0) is 0 Å². The van der Waals surface area contributed by atoms with E-state index in [2.05, 4.69) is 15.1 Å². The summed E-state index contributed by atoms with van der Waals surface area (Å²) in [5, 5.41) is 3.27. The van der Waals surface area contributed by atoms with Crippen molar-refractivity contribution in [3.05, 3.63) is 64.3 Å². The molecule has 3 rings (SSSR count). The standard InChI is InChI=1S/C13H9ClN4O/c14-10-6-15-13(16-7-10)18-12(19)11(8-17-18)9-4-2-1-3-5-9/h1-8,17H. The van der Waals surface area contributed by atoms with Crippen molar-refractivity contribution in [2.24, 2.45) is 0 Å². The van der Waals surface area contributed by atoms with Gasteiger partial charge in [-0.05, 0) is 5.56 Å². The van der Waals surface area contributed by atoms with Crippen LogP contribution in [0.4, 0.5) is 0 Å². The molecule has 0 spiro atoms. The minimum absolute atomic E-state index is 0.200. The highest BCUT2D eigenvalue weighted by atomic mass is 35.5. The zero-order valence-electron chi connectivity index (χ0n) is 9.75. The molecule has 94 valence electrons. The number of hydrogen-bond donors (Lipinski definition) is 1. The number of aromatic nitrogens is 4. The Morgan fingerprint density at radius 1 is 1.11 bits per heavy atom. The molecule has 0 aliphatic heterocycles. The van der Waals surface area contributed by atoms with Crippen molar-refractivity contribution in [2.45, 2.75) is 0 Å². The van der Waals surface area contributed by atoms with Crippen molar-refractivity contribution in [3.63, 3.8) is 0 Å². The topological polar surface area (TPSA) is 63.6 Å². The van der Waals surface area contributed by atoms with E-state index in [-0.39, 0.29) is 11.5 Å². The Morgan fingerprint density at radius 3 is 2.47 bits per heavy atom.